The van der Waals surface area contributed by atoms with E-state index in [9.17, 15) is 4.79 Å². The Balaban J connectivity index is 0.000000640. The van der Waals surface area contributed by atoms with Crippen LogP contribution in [-0.2, 0) is 4.79 Å². The zero-order valence-corrected chi connectivity index (χ0v) is 5.73. The normalized spacial score (nSPS) is 20.1. The minimum atomic E-state index is -0.868. The van der Waals surface area contributed by atoms with Crippen molar-refractivity contribution in [2.75, 3.05) is 0 Å². The lowest BCUT2D eigenvalue weighted by molar-refractivity contribution is -0.139. The lowest BCUT2D eigenvalue weighted by Gasteiger charge is -1.99. The molecule has 0 spiro atoms. The third kappa shape index (κ3) is 2.20. The molecule has 9 heavy (non-hydrogen) atoms. The van der Waals surface area contributed by atoms with Gasteiger partial charge in [0.05, 0.1) is 0 Å². The molecule has 1 saturated carbocycles. The van der Waals surface area contributed by atoms with Gasteiger partial charge < -0.3 is 10.8 Å². The predicted octanol–water partition coefficient (Wildman–Crippen LogP) is 0.230. The number of hydrogen-bond donors (Lipinski definition) is 2. The van der Waals surface area contributed by atoms with E-state index in [2.05, 4.69) is 0 Å². The molecule has 1 aliphatic carbocycles. The Kier molecular flexibility index (Phi) is 2.94. The van der Waals surface area contributed by atoms with Gasteiger partial charge in [0.1, 0.15) is 6.04 Å². The number of rotatable bonds is 2. The van der Waals surface area contributed by atoms with Gasteiger partial charge in [0.25, 0.3) is 0 Å². The van der Waals surface area contributed by atoms with Gasteiger partial charge in [-0.2, -0.15) is 0 Å². The second kappa shape index (κ2) is 3.03. The molecule has 54 valence electrons. The Morgan fingerprint density at radius 3 is 2.22 bits per heavy atom. The van der Waals surface area contributed by atoms with E-state index in [0.717, 1.165) is 12.8 Å². The molecule has 0 unspecified atom stereocenters. The van der Waals surface area contributed by atoms with Crippen molar-refractivity contribution in [2.45, 2.75) is 18.9 Å². The summed E-state index contributed by atoms with van der Waals surface area (Å²) in [6.45, 7) is 0. The van der Waals surface area contributed by atoms with Gasteiger partial charge in [-0.3, -0.25) is 4.79 Å². The van der Waals surface area contributed by atoms with Crippen molar-refractivity contribution in [1.82, 2.24) is 0 Å². The standard InChI is InChI=1S/C5H9NO2.ClH/c6-4(5(7)8)3-1-2-3;/h3-4H,1-2,6H2,(H,7,8);1H/t4-;/m0./s1. The van der Waals surface area contributed by atoms with Crippen molar-refractivity contribution in [3.63, 3.8) is 0 Å². The summed E-state index contributed by atoms with van der Waals surface area (Å²) < 4.78 is 0. The van der Waals surface area contributed by atoms with Gasteiger partial charge in [-0.25, -0.2) is 0 Å². The van der Waals surface area contributed by atoms with Crippen LogP contribution in [0, 0.1) is 5.92 Å². The molecule has 4 heteroatoms. The van der Waals surface area contributed by atoms with E-state index in [4.69, 9.17) is 10.8 Å². The van der Waals surface area contributed by atoms with Crippen molar-refractivity contribution >= 4 is 18.4 Å². The first-order chi connectivity index (χ1) is 3.72. The molecule has 1 rings (SSSR count). The van der Waals surface area contributed by atoms with Crippen LogP contribution in [-0.4, -0.2) is 17.1 Å². The van der Waals surface area contributed by atoms with E-state index < -0.39 is 12.0 Å². The summed E-state index contributed by atoms with van der Waals surface area (Å²) in [4.78, 5) is 10.1. The summed E-state index contributed by atoms with van der Waals surface area (Å²) in [6, 6.07) is -0.602. The molecule has 0 aromatic rings. The first-order valence-corrected chi connectivity index (χ1v) is 2.70. The molecule has 0 aliphatic heterocycles. The fourth-order valence-corrected chi connectivity index (χ4v) is 0.657. The Hall–Kier alpha value is -0.280. The third-order valence-electron chi connectivity index (χ3n) is 1.42. The number of carbonyl (C=O) groups is 1. The fourth-order valence-electron chi connectivity index (χ4n) is 0.657. The van der Waals surface area contributed by atoms with Crippen LogP contribution in [0.15, 0.2) is 0 Å². The summed E-state index contributed by atoms with van der Waals surface area (Å²) >= 11 is 0. The first kappa shape index (κ1) is 8.72. The minimum absolute atomic E-state index is 0. The van der Waals surface area contributed by atoms with E-state index in [-0.39, 0.29) is 18.3 Å². The van der Waals surface area contributed by atoms with Gasteiger partial charge in [-0.05, 0) is 18.8 Å². The van der Waals surface area contributed by atoms with Crippen LogP contribution in [0.2, 0.25) is 0 Å². The lowest BCUT2D eigenvalue weighted by atomic mass is 10.2. The second-order valence-electron chi connectivity index (χ2n) is 2.20. The quantitative estimate of drug-likeness (QED) is 0.594. The zero-order valence-electron chi connectivity index (χ0n) is 4.91. The van der Waals surface area contributed by atoms with Crippen LogP contribution in [0.5, 0.6) is 0 Å². The van der Waals surface area contributed by atoms with E-state index in [1.165, 1.54) is 0 Å². The van der Waals surface area contributed by atoms with E-state index >= 15 is 0 Å². The molecule has 0 bridgehead atoms. The van der Waals surface area contributed by atoms with E-state index in [1.54, 1.807) is 0 Å². The maximum absolute atomic E-state index is 10.1. The molecule has 0 aromatic heterocycles. The highest BCUT2D eigenvalue weighted by Crippen LogP contribution is 2.31. The summed E-state index contributed by atoms with van der Waals surface area (Å²) in [5.41, 5.74) is 5.22. The Morgan fingerprint density at radius 1 is 1.67 bits per heavy atom. The molecular formula is C5H10ClNO2. The Morgan fingerprint density at radius 2 is 2.11 bits per heavy atom. The van der Waals surface area contributed by atoms with Crippen LogP contribution in [0.25, 0.3) is 0 Å². The van der Waals surface area contributed by atoms with Crippen molar-refractivity contribution in [2.24, 2.45) is 11.7 Å². The number of halogens is 1. The van der Waals surface area contributed by atoms with Gasteiger partial charge in [0, 0.05) is 0 Å². The number of carboxylic acids is 1. The predicted molar refractivity (Wildman–Crippen MR) is 35.6 cm³/mol. The molecule has 1 atom stereocenters. The average Bonchev–Trinajstić information content (AvgIpc) is 2.43. The maximum Gasteiger partial charge on any atom is 0.320 e. The minimum Gasteiger partial charge on any atom is -0.480 e. The van der Waals surface area contributed by atoms with Crippen molar-refractivity contribution in [3.8, 4) is 0 Å². The van der Waals surface area contributed by atoms with E-state index in [0.29, 0.717) is 0 Å². The zero-order chi connectivity index (χ0) is 6.15. The summed E-state index contributed by atoms with van der Waals surface area (Å²) in [6.07, 6.45) is 1.99. The van der Waals surface area contributed by atoms with Crippen molar-refractivity contribution in [1.29, 1.82) is 0 Å². The van der Waals surface area contributed by atoms with Crippen LogP contribution in [0.4, 0.5) is 0 Å². The number of carboxylic acid groups (broad SMARTS) is 1. The number of hydrogen-bond acceptors (Lipinski definition) is 2. The van der Waals surface area contributed by atoms with Gasteiger partial charge >= 0.3 is 5.97 Å². The monoisotopic (exact) mass is 151 g/mol. The molecular weight excluding hydrogens is 142 g/mol. The molecule has 3 nitrogen and oxygen atoms in total. The van der Waals surface area contributed by atoms with E-state index in [1.807, 2.05) is 0 Å². The van der Waals surface area contributed by atoms with Gasteiger partial charge in [0.15, 0.2) is 0 Å². The Labute approximate surface area is 59.6 Å². The van der Waals surface area contributed by atoms with Crippen LogP contribution in [0.1, 0.15) is 12.8 Å². The SMILES string of the molecule is Cl.N[C@H](C(=O)O)C1CC1. The third-order valence-corrected chi connectivity index (χ3v) is 1.42. The van der Waals surface area contributed by atoms with Crippen molar-refractivity contribution in [3.05, 3.63) is 0 Å². The van der Waals surface area contributed by atoms with Crippen LogP contribution >= 0.6 is 12.4 Å². The smallest absolute Gasteiger partial charge is 0.320 e. The molecule has 0 amide bonds. The first-order valence-electron chi connectivity index (χ1n) is 2.70. The average molecular weight is 152 g/mol. The summed E-state index contributed by atoms with van der Waals surface area (Å²) in [5, 5.41) is 8.27. The molecule has 1 aliphatic rings. The molecule has 0 heterocycles. The topological polar surface area (TPSA) is 63.3 Å². The van der Waals surface area contributed by atoms with Crippen LogP contribution < -0.4 is 5.73 Å². The molecule has 0 radical (unpaired) electrons. The summed E-state index contributed by atoms with van der Waals surface area (Å²) in [7, 11) is 0. The highest BCUT2D eigenvalue weighted by Gasteiger charge is 2.32. The molecule has 0 aromatic carbocycles. The van der Waals surface area contributed by atoms with Gasteiger partial charge in [0.2, 0.25) is 0 Å². The lowest BCUT2D eigenvalue weighted by Crippen LogP contribution is -2.31. The second-order valence-corrected chi connectivity index (χ2v) is 2.20. The largest absolute Gasteiger partial charge is 0.480 e. The van der Waals surface area contributed by atoms with Gasteiger partial charge in [-0.1, -0.05) is 0 Å². The fraction of sp³-hybridized carbons (Fsp3) is 0.800. The maximum atomic E-state index is 10.1. The van der Waals surface area contributed by atoms with Crippen molar-refractivity contribution < 1.29 is 9.90 Å². The van der Waals surface area contributed by atoms with Crippen LogP contribution in [0.3, 0.4) is 0 Å². The number of nitrogens with two attached hydrogens (primary N) is 1. The molecule has 1 fully saturated rings. The summed E-state index contributed by atoms with van der Waals surface area (Å²) in [5.74, 6) is -0.597. The molecule has 0 saturated heterocycles. The Bertz CT molecular complexity index is 114. The van der Waals surface area contributed by atoms with Gasteiger partial charge in [-0.15, -0.1) is 12.4 Å². The number of aliphatic carboxylic acids is 1. The highest BCUT2D eigenvalue weighted by atomic mass is 35.5. The highest BCUT2D eigenvalue weighted by molar-refractivity contribution is 5.85. The molecule has 3 N–H and O–H groups in total.